The minimum absolute atomic E-state index is 0.139. The molecule has 2 fully saturated rings. The minimum Gasteiger partial charge on any atom is -0.395 e. The SMILES string of the molecule is OCCN1CN(CCO)CN(CCO)C1.OCCN1CN(CCO)CN(CCO)C1. The molecule has 0 unspecified atom stereocenters. The van der Waals surface area contributed by atoms with Gasteiger partial charge in [0.05, 0.1) is 79.7 Å². The van der Waals surface area contributed by atoms with Gasteiger partial charge in [-0.3, -0.25) is 29.4 Å². The Morgan fingerprint density at radius 1 is 0.300 bits per heavy atom. The van der Waals surface area contributed by atoms with Crippen LogP contribution in [0.3, 0.4) is 0 Å². The minimum atomic E-state index is 0.139. The van der Waals surface area contributed by atoms with E-state index in [9.17, 15) is 0 Å². The van der Waals surface area contributed by atoms with E-state index in [4.69, 9.17) is 30.6 Å². The van der Waals surface area contributed by atoms with Crippen LogP contribution in [-0.2, 0) is 0 Å². The van der Waals surface area contributed by atoms with Gasteiger partial charge in [-0.2, -0.15) is 0 Å². The molecule has 180 valence electrons. The zero-order valence-electron chi connectivity index (χ0n) is 18.1. The molecule has 30 heavy (non-hydrogen) atoms. The Morgan fingerprint density at radius 2 is 0.433 bits per heavy atom. The predicted octanol–water partition coefficient (Wildman–Crippen LogP) is -4.49. The lowest BCUT2D eigenvalue weighted by Crippen LogP contribution is -2.56. The van der Waals surface area contributed by atoms with Crippen LogP contribution < -0.4 is 0 Å². The number of hydrogen-bond acceptors (Lipinski definition) is 12. The molecule has 0 amide bonds. The van der Waals surface area contributed by atoms with Crippen molar-refractivity contribution >= 4 is 0 Å². The second-order valence-corrected chi connectivity index (χ2v) is 7.56. The molecule has 0 aromatic heterocycles. The van der Waals surface area contributed by atoms with Crippen molar-refractivity contribution in [3.63, 3.8) is 0 Å². The lowest BCUT2D eigenvalue weighted by molar-refractivity contribution is -0.0449. The van der Waals surface area contributed by atoms with Gasteiger partial charge >= 0.3 is 0 Å². The zero-order valence-corrected chi connectivity index (χ0v) is 18.1. The molecule has 0 atom stereocenters. The van der Waals surface area contributed by atoms with Crippen LogP contribution in [0.1, 0.15) is 0 Å². The molecule has 0 spiro atoms. The smallest absolute Gasteiger partial charge is 0.0559 e. The fourth-order valence-corrected chi connectivity index (χ4v) is 3.66. The van der Waals surface area contributed by atoms with E-state index in [1.165, 1.54) is 0 Å². The van der Waals surface area contributed by atoms with Crippen molar-refractivity contribution in [1.29, 1.82) is 0 Å². The van der Waals surface area contributed by atoms with E-state index in [1.54, 1.807) is 0 Å². The van der Waals surface area contributed by atoms with E-state index in [-0.39, 0.29) is 39.6 Å². The lowest BCUT2D eigenvalue weighted by atomic mass is 10.4. The average molecular weight is 439 g/mol. The summed E-state index contributed by atoms with van der Waals surface area (Å²) in [6.07, 6.45) is 0. The molecule has 0 radical (unpaired) electrons. The molecule has 0 bridgehead atoms. The molecule has 0 aliphatic carbocycles. The first-order valence-electron chi connectivity index (χ1n) is 10.6. The molecule has 2 aliphatic heterocycles. The Kier molecular flexibility index (Phi) is 15.7. The Labute approximate surface area is 179 Å². The number of nitrogens with zero attached hydrogens (tertiary/aromatic N) is 6. The van der Waals surface area contributed by atoms with Gasteiger partial charge in [0.2, 0.25) is 0 Å². The molecule has 12 heteroatoms. The number of β-amino-alcohol motifs (C(OH)–C–C–N with tert-alkyl or cyclic N) is 6. The topological polar surface area (TPSA) is 141 Å². The van der Waals surface area contributed by atoms with Gasteiger partial charge in [-0.05, 0) is 0 Å². The third-order valence-electron chi connectivity index (χ3n) is 4.90. The molecule has 2 heterocycles. The number of aliphatic hydroxyl groups is 6. The van der Waals surface area contributed by atoms with E-state index in [0.717, 1.165) is 40.0 Å². The quantitative estimate of drug-likeness (QED) is 0.175. The molecule has 0 aromatic rings. The highest BCUT2D eigenvalue weighted by Gasteiger charge is 2.22. The number of hydrogen-bond donors (Lipinski definition) is 6. The van der Waals surface area contributed by atoms with Crippen LogP contribution >= 0.6 is 0 Å². The maximum absolute atomic E-state index is 8.87. The first-order chi connectivity index (χ1) is 14.6. The van der Waals surface area contributed by atoms with Gasteiger partial charge in [-0.15, -0.1) is 0 Å². The van der Waals surface area contributed by atoms with Crippen LogP contribution in [0.15, 0.2) is 0 Å². The number of aliphatic hydroxyl groups excluding tert-OH is 6. The fraction of sp³-hybridized carbons (Fsp3) is 1.00. The van der Waals surface area contributed by atoms with Crippen molar-refractivity contribution < 1.29 is 30.6 Å². The van der Waals surface area contributed by atoms with Crippen molar-refractivity contribution in [2.45, 2.75) is 0 Å². The Balaban J connectivity index is 0.000000300. The molecule has 6 N–H and O–H groups in total. The van der Waals surface area contributed by atoms with E-state index in [1.807, 2.05) is 0 Å². The highest BCUT2D eigenvalue weighted by atomic mass is 16.3. The third-order valence-corrected chi connectivity index (χ3v) is 4.90. The van der Waals surface area contributed by atoms with Crippen LogP contribution in [0.5, 0.6) is 0 Å². The van der Waals surface area contributed by atoms with Gasteiger partial charge in [-0.25, -0.2) is 0 Å². The van der Waals surface area contributed by atoms with Gasteiger partial charge in [-0.1, -0.05) is 0 Å². The van der Waals surface area contributed by atoms with Gasteiger partial charge < -0.3 is 30.6 Å². The molecule has 0 aromatic carbocycles. The molecule has 2 aliphatic rings. The van der Waals surface area contributed by atoms with E-state index < -0.39 is 0 Å². The van der Waals surface area contributed by atoms with Gasteiger partial charge in [0.15, 0.2) is 0 Å². The van der Waals surface area contributed by atoms with Crippen molar-refractivity contribution in [2.75, 3.05) is 119 Å². The van der Waals surface area contributed by atoms with Crippen LogP contribution in [0.2, 0.25) is 0 Å². The summed E-state index contributed by atoms with van der Waals surface area (Å²) in [6, 6.07) is 0. The number of rotatable bonds is 12. The second kappa shape index (κ2) is 17.1. The predicted molar refractivity (Wildman–Crippen MR) is 112 cm³/mol. The van der Waals surface area contributed by atoms with Crippen LogP contribution in [0.25, 0.3) is 0 Å². The molecule has 2 rings (SSSR count). The van der Waals surface area contributed by atoms with E-state index >= 15 is 0 Å². The Morgan fingerprint density at radius 3 is 0.533 bits per heavy atom. The monoisotopic (exact) mass is 438 g/mol. The van der Waals surface area contributed by atoms with Crippen molar-refractivity contribution in [3.05, 3.63) is 0 Å². The summed E-state index contributed by atoms with van der Waals surface area (Å²) in [6.45, 7) is 9.21. The summed E-state index contributed by atoms with van der Waals surface area (Å²) in [5, 5.41) is 53.2. The van der Waals surface area contributed by atoms with Crippen molar-refractivity contribution in [3.8, 4) is 0 Å². The molecule has 12 nitrogen and oxygen atoms in total. The second-order valence-electron chi connectivity index (χ2n) is 7.56. The third kappa shape index (κ3) is 11.2. The van der Waals surface area contributed by atoms with Crippen molar-refractivity contribution in [2.24, 2.45) is 0 Å². The maximum atomic E-state index is 8.87. The standard InChI is InChI=1S/2C9H21N3O3/c2*13-4-1-10-7-11(2-5-14)9-12(8-10)3-6-15/h2*13-15H,1-9H2. The van der Waals surface area contributed by atoms with Gasteiger partial charge in [0.25, 0.3) is 0 Å². The molecular weight excluding hydrogens is 396 g/mol. The Hall–Kier alpha value is -0.480. The van der Waals surface area contributed by atoms with Gasteiger partial charge in [0.1, 0.15) is 0 Å². The van der Waals surface area contributed by atoms with Gasteiger partial charge in [0, 0.05) is 39.3 Å². The summed E-state index contributed by atoms with van der Waals surface area (Å²) in [7, 11) is 0. The Bertz CT molecular complexity index is 308. The lowest BCUT2D eigenvalue weighted by Gasteiger charge is -2.41. The van der Waals surface area contributed by atoms with Crippen LogP contribution in [0.4, 0.5) is 0 Å². The summed E-state index contributed by atoms with van der Waals surface area (Å²) in [5.74, 6) is 0. The molecule has 0 saturated carbocycles. The largest absolute Gasteiger partial charge is 0.395 e. The summed E-state index contributed by atoms with van der Waals surface area (Å²) in [4.78, 5) is 12.6. The molecule has 2 saturated heterocycles. The zero-order chi connectivity index (χ0) is 22.2. The summed E-state index contributed by atoms with van der Waals surface area (Å²) < 4.78 is 0. The average Bonchev–Trinajstić information content (AvgIpc) is 2.70. The van der Waals surface area contributed by atoms with Crippen LogP contribution in [0, 0.1) is 0 Å². The highest BCUT2D eigenvalue weighted by Crippen LogP contribution is 2.07. The fourth-order valence-electron chi connectivity index (χ4n) is 3.66. The summed E-state index contributed by atoms with van der Waals surface area (Å²) in [5.41, 5.74) is 0. The normalized spacial score (nSPS) is 21.0. The highest BCUT2D eigenvalue weighted by molar-refractivity contribution is 4.70. The first-order valence-corrected chi connectivity index (χ1v) is 10.6. The van der Waals surface area contributed by atoms with E-state index in [2.05, 4.69) is 29.4 Å². The first kappa shape index (κ1) is 27.6. The van der Waals surface area contributed by atoms with E-state index in [0.29, 0.717) is 39.3 Å². The van der Waals surface area contributed by atoms with Crippen LogP contribution in [-0.4, -0.2) is 179 Å². The molecular formula is C18H42N6O6. The van der Waals surface area contributed by atoms with Crippen molar-refractivity contribution in [1.82, 2.24) is 29.4 Å². The summed E-state index contributed by atoms with van der Waals surface area (Å²) >= 11 is 0. The maximum Gasteiger partial charge on any atom is 0.0559 e.